The fraction of sp³-hybridized carbons (Fsp3) is 0.615. The summed E-state index contributed by atoms with van der Waals surface area (Å²) in [7, 11) is 3.85. The maximum absolute atomic E-state index is 5.25. The predicted octanol–water partition coefficient (Wildman–Crippen LogP) is 1.19. The quantitative estimate of drug-likeness (QED) is 0.850. The molecule has 1 unspecified atom stereocenters. The Hall–Kier alpha value is -1.13. The summed E-state index contributed by atoms with van der Waals surface area (Å²) in [5.41, 5.74) is 2.06. The highest BCUT2D eigenvalue weighted by molar-refractivity contribution is 5.26. The van der Waals surface area contributed by atoms with Crippen molar-refractivity contribution in [1.82, 2.24) is 15.2 Å². The highest BCUT2D eigenvalue weighted by Gasteiger charge is 2.18. The van der Waals surface area contributed by atoms with Crippen LogP contribution in [0.15, 0.2) is 12.1 Å². The van der Waals surface area contributed by atoms with E-state index in [1.165, 1.54) is 13.0 Å². The first-order chi connectivity index (χ1) is 8.17. The number of nitrogens with one attached hydrogen (secondary N) is 1. The summed E-state index contributed by atoms with van der Waals surface area (Å²) in [6.45, 7) is 5.12. The van der Waals surface area contributed by atoms with Gasteiger partial charge in [0.1, 0.15) is 5.75 Å². The molecule has 2 rings (SSSR count). The maximum Gasteiger partial charge on any atom is 0.122 e. The zero-order valence-electron chi connectivity index (χ0n) is 10.9. The van der Waals surface area contributed by atoms with Crippen LogP contribution in [0, 0.1) is 6.92 Å². The molecule has 1 aromatic heterocycles. The molecule has 0 aromatic carbocycles. The van der Waals surface area contributed by atoms with Gasteiger partial charge in [-0.05, 0) is 26.9 Å². The van der Waals surface area contributed by atoms with Gasteiger partial charge in [0.25, 0.3) is 0 Å². The van der Waals surface area contributed by atoms with Gasteiger partial charge in [-0.3, -0.25) is 4.98 Å². The highest BCUT2D eigenvalue weighted by atomic mass is 16.5. The Balaban J connectivity index is 1.92. The van der Waals surface area contributed by atoms with Crippen molar-refractivity contribution < 1.29 is 4.74 Å². The first-order valence-corrected chi connectivity index (χ1v) is 6.11. The van der Waals surface area contributed by atoms with Crippen molar-refractivity contribution in [2.45, 2.75) is 25.9 Å². The third-order valence-electron chi connectivity index (χ3n) is 3.18. The Morgan fingerprint density at radius 1 is 1.53 bits per heavy atom. The van der Waals surface area contributed by atoms with Gasteiger partial charge in [0.2, 0.25) is 0 Å². The zero-order chi connectivity index (χ0) is 12.3. The Morgan fingerprint density at radius 2 is 2.35 bits per heavy atom. The molecular weight excluding hydrogens is 214 g/mol. The van der Waals surface area contributed by atoms with Crippen LogP contribution in [0.3, 0.4) is 0 Å². The van der Waals surface area contributed by atoms with Gasteiger partial charge < -0.3 is 15.0 Å². The summed E-state index contributed by atoms with van der Waals surface area (Å²) < 4.78 is 5.25. The average molecular weight is 235 g/mol. The number of ether oxygens (including phenoxy) is 1. The van der Waals surface area contributed by atoms with Crippen molar-refractivity contribution >= 4 is 0 Å². The number of likely N-dealkylation sites (tertiary alicyclic amines) is 1. The predicted molar refractivity (Wildman–Crippen MR) is 68.3 cm³/mol. The summed E-state index contributed by atoms with van der Waals surface area (Å²) in [6, 6.07) is 4.54. The molecule has 0 aliphatic carbocycles. The summed E-state index contributed by atoms with van der Waals surface area (Å²) >= 11 is 0. The van der Waals surface area contributed by atoms with E-state index >= 15 is 0 Å². The number of methoxy groups -OCH3 is 1. The lowest BCUT2D eigenvalue weighted by Gasteiger charge is -2.13. The third-order valence-corrected chi connectivity index (χ3v) is 3.18. The van der Waals surface area contributed by atoms with Gasteiger partial charge in [-0.1, -0.05) is 0 Å². The van der Waals surface area contributed by atoms with Crippen LogP contribution in [0.5, 0.6) is 5.75 Å². The Bertz CT molecular complexity index is 381. The fourth-order valence-electron chi connectivity index (χ4n) is 2.26. The van der Waals surface area contributed by atoms with Crippen LogP contribution in [0.1, 0.15) is 17.8 Å². The number of rotatable bonds is 4. The van der Waals surface area contributed by atoms with Crippen LogP contribution >= 0.6 is 0 Å². The number of likely N-dealkylation sites (N-methyl/N-ethyl adjacent to an activating group) is 1. The van der Waals surface area contributed by atoms with E-state index in [0.717, 1.165) is 30.2 Å². The van der Waals surface area contributed by atoms with Crippen LogP contribution in [-0.4, -0.2) is 43.2 Å². The first-order valence-electron chi connectivity index (χ1n) is 6.11. The topological polar surface area (TPSA) is 37.4 Å². The maximum atomic E-state index is 5.25. The molecule has 1 aliphatic heterocycles. The van der Waals surface area contributed by atoms with E-state index in [1.54, 1.807) is 7.11 Å². The fourth-order valence-corrected chi connectivity index (χ4v) is 2.26. The van der Waals surface area contributed by atoms with Gasteiger partial charge in [0.05, 0.1) is 12.8 Å². The standard InChI is InChI=1S/C13H21N3O/c1-10-6-13(17-3)7-12(15-10)8-14-11-4-5-16(2)9-11/h6-7,11,14H,4-5,8-9H2,1-3H3. The Labute approximate surface area is 103 Å². The molecule has 94 valence electrons. The van der Waals surface area contributed by atoms with Gasteiger partial charge in [0.15, 0.2) is 0 Å². The van der Waals surface area contributed by atoms with Crippen LogP contribution in [0.2, 0.25) is 0 Å². The van der Waals surface area contributed by atoms with Gasteiger partial charge in [-0.25, -0.2) is 0 Å². The van der Waals surface area contributed by atoms with Gasteiger partial charge in [-0.15, -0.1) is 0 Å². The second kappa shape index (κ2) is 5.47. The molecule has 2 heterocycles. The molecule has 1 fully saturated rings. The largest absolute Gasteiger partial charge is 0.497 e. The number of pyridine rings is 1. The summed E-state index contributed by atoms with van der Waals surface area (Å²) in [5.74, 6) is 0.887. The molecule has 4 nitrogen and oxygen atoms in total. The normalized spacial score (nSPS) is 20.8. The number of hydrogen-bond acceptors (Lipinski definition) is 4. The molecule has 1 aliphatic rings. The molecule has 1 aromatic rings. The molecule has 0 spiro atoms. The Kier molecular flexibility index (Phi) is 3.97. The molecule has 0 saturated carbocycles. The van der Waals surface area contributed by atoms with E-state index in [2.05, 4.69) is 22.2 Å². The van der Waals surface area contributed by atoms with E-state index in [-0.39, 0.29) is 0 Å². The lowest BCUT2D eigenvalue weighted by Crippen LogP contribution is -2.31. The Morgan fingerprint density at radius 3 is 3.00 bits per heavy atom. The first kappa shape index (κ1) is 12.3. The van der Waals surface area contributed by atoms with Crippen molar-refractivity contribution in [2.75, 3.05) is 27.2 Å². The van der Waals surface area contributed by atoms with E-state index < -0.39 is 0 Å². The van der Waals surface area contributed by atoms with Gasteiger partial charge >= 0.3 is 0 Å². The number of aromatic nitrogens is 1. The number of hydrogen-bond donors (Lipinski definition) is 1. The second-order valence-corrected chi connectivity index (χ2v) is 4.77. The van der Waals surface area contributed by atoms with Crippen molar-refractivity contribution in [3.8, 4) is 5.75 Å². The SMILES string of the molecule is COc1cc(C)nc(CNC2CCN(C)C2)c1. The lowest BCUT2D eigenvalue weighted by atomic mass is 10.2. The molecule has 0 radical (unpaired) electrons. The third kappa shape index (κ3) is 3.41. The zero-order valence-corrected chi connectivity index (χ0v) is 10.9. The van der Waals surface area contributed by atoms with Gasteiger partial charge in [-0.2, -0.15) is 0 Å². The van der Waals surface area contributed by atoms with E-state index in [9.17, 15) is 0 Å². The van der Waals surface area contributed by atoms with Crippen LogP contribution < -0.4 is 10.1 Å². The van der Waals surface area contributed by atoms with E-state index in [1.807, 2.05) is 19.1 Å². The minimum atomic E-state index is 0.591. The molecule has 0 amide bonds. The smallest absolute Gasteiger partial charge is 0.122 e. The summed E-state index contributed by atoms with van der Waals surface area (Å²) in [6.07, 6.45) is 1.22. The molecule has 4 heteroatoms. The summed E-state index contributed by atoms with van der Waals surface area (Å²) in [4.78, 5) is 6.85. The summed E-state index contributed by atoms with van der Waals surface area (Å²) in [5, 5.41) is 3.55. The van der Waals surface area contributed by atoms with Crippen LogP contribution in [-0.2, 0) is 6.54 Å². The van der Waals surface area contributed by atoms with Crippen molar-refractivity contribution in [2.24, 2.45) is 0 Å². The van der Waals surface area contributed by atoms with Crippen LogP contribution in [0.4, 0.5) is 0 Å². The minimum absolute atomic E-state index is 0.591. The molecule has 1 saturated heterocycles. The second-order valence-electron chi connectivity index (χ2n) is 4.77. The number of aryl methyl sites for hydroxylation is 1. The van der Waals surface area contributed by atoms with Crippen molar-refractivity contribution in [1.29, 1.82) is 0 Å². The highest BCUT2D eigenvalue weighted by Crippen LogP contribution is 2.14. The molecular formula is C13H21N3O. The number of nitrogens with zero attached hydrogens (tertiary/aromatic N) is 2. The molecule has 17 heavy (non-hydrogen) atoms. The molecule has 1 N–H and O–H groups in total. The monoisotopic (exact) mass is 235 g/mol. The van der Waals surface area contributed by atoms with Crippen LogP contribution in [0.25, 0.3) is 0 Å². The molecule has 1 atom stereocenters. The van der Waals surface area contributed by atoms with Crippen molar-refractivity contribution in [3.05, 3.63) is 23.5 Å². The average Bonchev–Trinajstić information content (AvgIpc) is 2.72. The van der Waals surface area contributed by atoms with E-state index in [4.69, 9.17) is 4.74 Å². The molecule has 0 bridgehead atoms. The lowest BCUT2D eigenvalue weighted by molar-refractivity contribution is 0.396. The minimum Gasteiger partial charge on any atom is -0.497 e. The van der Waals surface area contributed by atoms with Gasteiger partial charge in [0, 0.05) is 37.0 Å². The van der Waals surface area contributed by atoms with Crippen molar-refractivity contribution in [3.63, 3.8) is 0 Å². The van der Waals surface area contributed by atoms with E-state index in [0.29, 0.717) is 6.04 Å².